The van der Waals surface area contributed by atoms with Gasteiger partial charge >= 0.3 is 45.5 Å². The van der Waals surface area contributed by atoms with Gasteiger partial charge in [0.25, 0.3) is 0 Å². The Morgan fingerprint density at radius 1 is 1.07 bits per heavy atom. The van der Waals surface area contributed by atoms with Crippen LogP contribution in [0.5, 0.6) is 0 Å². The molecule has 4 heteroatoms. The summed E-state index contributed by atoms with van der Waals surface area (Å²) in [6.07, 6.45) is 0. The third-order valence-electron chi connectivity index (χ3n) is 1.92. The van der Waals surface area contributed by atoms with Crippen molar-refractivity contribution in [2.24, 2.45) is 0 Å². The van der Waals surface area contributed by atoms with Crippen molar-refractivity contribution >= 4 is 67.3 Å². The molecule has 0 bridgehead atoms. The molecule has 14 heavy (non-hydrogen) atoms. The van der Waals surface area contributed by atoms with Crippen molar-refractivity contribution in [1.29, 1.82) is 0 Å². The van der Waals surface area contributed by atoms with E-state index in [0.717, 1.165) is 10.8 Å². The smallest absolute Gasteiger partial charge is 1.00 e. The monoisotopic (exact) mass is 282 g/mol. The van der Waals surface area contributed by atoms with Crippen LogP contribution in [-0.4, -0.2) is 54.2 Å². The van der Waals surface area contributed by atoms with E-state index in [-0.39, 0.29) is 48.3 Å². The molecule has 0 spiro atoms. The number of benzene rings is 2. The van der Waals surface area contributed by atoms with Crippen molar-refractivity contribution in [1.82, 2.24) is 0 Å². The third-order valence-corrected chi connectivity index (χ3v) is 2.58. The largest absolute Gasteiger partial charge is 2.00 e. The normalized spacial score (nSPS) is 12.1. The third kappa shape index (κ3) is 2.66. The van der Waals surface area contributed by atoms with Gasteiger partial charge in [-0.25, -0.2) is 4.21 Å². The molecule has 1 atom stereocenters. The van der Waals surface area contributed by atoms with Crippen molar-refractivity contribution in [3.8, 4) is 0 Å². The van der Waals surface area contributed by atoms with Crippen LogP contribution in [0.2, 0.25) is 0 Å². The van der Waals surface area contributed by atoms with Gasteiger partial charge in [-0.05, 0) is 22.9 Å². The Kier molecular flexibility index (Phi) is 4.76. The molecule has 0 aromatic heterocycles. The second kappa shape index (κ2) is 5.40. The maximum atomic E-state index is 10.8. The van der Waals surface area contributed by atoms with Gasteiger partial charge in [0.15, 0.2) is 11.1 Å². The van der Waals surface area contributed by atoms with E-state index in [1.165, 1.54) is 0 Å². The Hall–Kier alpha value is 0.291. The van der Waals surface area contributed by atoms with E-state index in [0.29, 0.717) is 4.90 Å². The fourth-order valence-corrected chi connectivity index (χ4v) is 1.69. The van der Waals surface area contributed by atoms with Gasteiger partial charge in [-0.1, -0.05) is 30.3 Å². The Labute approximate surface area is 125 Å². The summed E-state index contributed by atoms with van der Waals surface area (Å²) in [5.74, 6) is 0. The molecule has 0 heterocycles. The molecular weight excluding hydrogens is 272 g/mol. The van der Waals surface area contributed by atoms with Gasteiger partial charge < -0.3 is 7.41 Å². The van der Waals surface area contributed by atoms with Crippen LogP contribution in [0.3, 0.4) is 0 Å². The molecule has 2 aromatic carbocycles. The van der Waals surface area contributed by atoms with E-state index < -0.39 is 11.1 Å². The number of hydrogen-bond donors (Lipinski definition) is 1. The Morgan fingerprint density at radius 2 is 1.71 bits per heavy atom. The summed E-state index contributed by atoms with van der Waals surface area (Å²) in [6.45, 7) is 0. The van der Waals surface area contributed by atoms with Crippen molar-refractivity contribution < 1.29 is 11.6 Å². The molecule has 2 rings (SSSR count). The van der Waals surface area contributed by atoms with E-state index in [4.69, 9.17) is 4.55 Å². The molecule has 0 aliphatic carbocycles. The molecule has 0 saturated heterocycles. The van der Waals surface area contributed by atoms with Gasteiger partial charge in [0.1, 0.15) is 0 Å². The predicted molar refractivity (Wildman–Crippen MR) is 61.0 cm³/mol. The summed E-state index contributed by atoms with van der Waals surface area (Å²) in [7, 11) is 0. The molecular formula is C10H10O2SSr. The summed E-state index contributed by atoms with van der Waals surface area (Å²) in [5, 5.41) is 2.07. The van der Waals surface area contributed by atoms with Crippen molar-refractivity contribution in [2.75, 3.05) is 0 Å². The second-order valence-electron chi connectivity index (χ2n) is 2.76. The van der Waals surface area contributed by atoms with E-state index in [9.17, 15) is 4.21 Å². The molecule has 0 amide bonds. The maximum Gasteiger partial charge on any atom is 2.00 e. The molecule has 70 valence electrons. The minimum atomic E-state index is -1.88. The summed E-state index contributed by atoms with van der Waals surface area (Å²) < 4.78 is 19.6. The molecule has 2 nitrogen and oxygen atoms in total. The van der Waals surface area contributed by atoms with Crippen molar-refractivity contribution in [2.45, 2.75) is 4.90 Å². The zero-order valence-corrected chi connectivity index (χ0v) is 11.8. The predicted octanol–water partition coefficient (Wildman–Crippen LogP) is 2.26. The molecule has 0 saturated carbocycles. The first-order chi connectivity index (χ1) is 6.27. The minimum Gasteiger partial charge on any atom is -1.00 e. The van der Waals surface area contributed by atoms with E-state index in [1.807, 2.05) is 30.3 Å². The summed E-state index contributed by atoms with van der Waals surface area (Å²) in [5.41, 5.74) is 0. The van der Waals surface area contributed by atoms with Crippen molar-refractivity contribution in [3.63, 3.8) is 0 Å². The average Bonchev–Trinajstić information content (AvgIpc) is 2.17. The van der Waals surface area contributed by atoms with Crippen LogP contribution in [0.25, 0.3) is 10.8 Å². The topological polar surface area (TPSA) is 37.3 Å². The Balaban J connectivity index is 0. The van der Waals surface area contributed by atoms with E-state index in [2.05, 4.69) is 0 Å². The van der Waals surface area contributed by atoms with Crippen LogP contribution in [-0.2, 0) is 11.1 Å². The fraction of sp³-hybridized carbons (Fsp3) is 0. The van der Waals surface area contributed by atoms with Gasteiger partial charge in [0.05, 0.1) is 4.90 Å². The van der Waals surface area contributed by atoms with Crippen LogP contribution in [0.1, 0.15) is 2.85 Å². The van der Waals surface area contributed by atoms with Gasteiger partial charge in [0, 0.05) is 0 Å². The fourth-order valence-electron chi connectivity index (χ4n) is 1.28. The van der Waals surface area contributed by atoms with Crippen LogP contribution in [0.4, 0.5) is 0 Å². The van der Waals surface area contributed by atoms with Gasteiger partial charge in [-0.2, -0.15) is 0 Å². The van der Waals surface area contributed by atoms with E-state index in [1.54, 1.807) is 12.1 Å². The van der Waals surface area contributed by atoms with Crippen LogP contribution in [0.15, 0.2) is 47.4 Å². The number of rotatable bonds is 1. The quantitative estimate of drug-likeness (QED) is 0.643. The zero-order valence-electron chi connectivity index (χ0n) is 9.51. The van der Waals surface area contributed by atoms with Gasteiger partial charge in [-0.3, -0.25) is 0 Å². The first-order valence-electron chi connectivity index (χ1n) is 3.87. The molecule has 2 aromatic rings. The molecule has 0 radical (unpaired) electrons. The van der Waals surface area contributed by atoms with Crippen LogP contribution < -0.4 is 0 Å². The van der Waals surface area contributed by atoms with Crippen LogP contribution in [0, 0.1) is 0 Å². The molecule has 1 unspecified atom stereocenters. The average molecular weight is 282 g/mol. The second-order valence-corrected chi connectivity index (χ2v) is 3.73. The first kappa shape index (κ1) is 12.4. The van der Waals surface area contributed by atoms with Crippen LogP contribution >= 0.6 is 0 Å². The summed E-state index contributed by atoms with van der Waals surface area (Å²) in [4.78, 5) is 0.443. The summed E-state index contributed by atoms with van der Waals surface area (Å²) in [6, 6.07) is 13.0. The maximum absolute atomic E-state index is 10.8. The first-order valence-corrected chi connectivity index (χ1v) is 4.98. The van der Waals surface area contributed by atoms with Gasteiger partial charge in [-0.15, -0.1) is 0 Å². The molecule has 0 aliphatic heterocycles. The Morgan fingerprint density at radius 3 is 2.36 bits per heavy atom. The molecule has 0 aliphatic rings. The molecule has 0 fully saturated rings. The minimum absolute atomic E-state index is 0. The molecule has 1 N–H and O–H groups in total. The standard InChI is InChI=1S/C10H8O2S.Sr.2H/c11-13(12)10-6-5-8-3-1-2-4-9(8)7-10;;;/h1-7H,(H,11,12);;;/q;+2;2*-1. The van der Waals surface area contributed by atoms with Crippen molar-refractivity contribution in [3.05, 3.63) is 42.5 Å². The van der Waals surface area contributed by atoms with E-state index >= 15 is 0 Å². The summed E-state index contributed by atoms with van der Waals surface area (Å²) >= 11 is -1.88. The Bertz CT molecular complexity index is 479. The number of fused-ring (bicyclic) bond motifs is 1. The SMILES string of the molecule is O=S(O)c1ccc2ccccc2c1.[H-].[H-].[Sr+2]. The number of hydrogen-bond acceptors (Lipinski definition) is 1. The van der Waals surface area contributed by atoms with Gasteiger partial charge in [0.2, 0.25) is 0 Å². The zero-order chi connectivity index (χ0) is 9.26.